The summed E-state index contributed by atoms with van der Waals surface area (Å²) >= 11 is 0. The van der Waals surface area contributed by atoms with E-state index in [0.717, 1.165) is 5.30 Å². The Bertz CT molecular complexity index is 238. The minimum absolute atomic E-state index is 0.931. The molecule has 0 aliphatic carbocycles. The largest absolute Gasteiger partial charge is 0.282 e. The van der Waals surface area contributed by atoms with Gasteiger partial charge in [-0.15, -0.1) is 0 Å². The standard InChI is InChI=1S/C8H10OP/c1-7-3-5-8(6-4-7)10(2)9/h3-6,9H,2H2,1H3/q+1. The van der Waals surface area contributed by atoms with Crippen molar-refractivity contribution >= 4 is 19.4 Å². The third-order valence-electron chi connectivity index (χ3n) is 1.33. The van der Waals surface area contributed by atoms with E-state index >= 15 is 0 Å². The van der Waals surface area contributed by atoms with Crippen molar-refractivity contribution in [2.45, 2.75) is 6.92 Å². The molecule has 0 fully saturated rings. The van der Waals surface area contributed by atoms with E-state index in [1.54, 1.807) is 0 Å². The van der Waals surface area contributed by atoms with E-state index in [4.69, 9.17) is 4.89 Å². The highest BCUT2D eigenvalue weighted by molar-refractivity contribution is 7.58. The second kappa shape index (κ2) is 2.96. The molecule has 0 heterocycles. The van der Waals surface area contributed by atoms with Crippen LogP contribution in [0.3, 0.4) is 0 Å². The Morgan fingerprint density at radius 2 is 1.80 bits per heavy atom. The molecule has 0 amide bonds. The van der Waals surface area contributed by atoms with Crippen LogP contribution < -0.4 is 5.30 Å². The third-order valence-corrected chi connectivity index (χ3v) is 2.23. The van der Waals surface area contributed by atoms with Gasteiger partial charge in [0.1, 0.15) is 6.30 Å². The van der Waals surface area contributed by atoms with Gasteiger partial charge in [0, 0.05) is 0 Å². The van der Waals surface area contributed by atoms with Crippen LogP contribution in [-0.2, 0) is 0 Å². The summed E-state index contributed by atoms with van der Waals surface area (Å²) < 4.78 is 0. The van der Waals surface area contributed by atoms with Gasteiger partial charge in [0.15, 0.2) is 5.30 Å². The van der Waals surface area contributed by atoms with Gasteiger partial charge in [-0.05, 0) is 19.1 Å². The van der Waals surface area contributed by atoms with Crippen molar-refractivity contribution in [2.24, 2.45) is 0 Å². The maximum absolute atomic E-state index is 9.07. The van der Waals surface area contributed by atoms with Gasteiger partial charge < -0.3 is 0 Å². The van der Waals surface area contributed by atoms with Crippen molar-refractivity contribution in [3.8, 4) is 0 Å². The van der Waals surface area contributed by atoms with E-state index < -0.39 is 7.77 Å². The van der Waals surface area contributed by atoms with Gasteiger partial charge >= 0.3 is 0 Å². The average Bonchev–Trinajstić information content (AvgIpc) is 1.88. The van der Waals surface area contributed by atoms with E-state index in [2.05, 4.69) is 6.30 Å². The predicted molar refractivity (Wildman–Crippen MR) is 47.1 cm³/mol. The maximum Gasteiger partial charge on any atom is 0.282 e. The number of aryl methyl sites for hydroxylation is 1. The summed E-state index contributed by atoms with van der Waals surface area (Å²) in [4.78, 5) is 9.07. The Hall–Kier alpha value is -0.650. The SMILES string of the molecule is C=[P+](O)c1ccc(C)cc1. The number of rotatable bonds is 1. The minimum atomic E-state index is -1.16. The Labute approximate surface area is 61.8 Å². The molecule has 0 spiro atoms. The molecular formula is C8H10OP+. The highest BCUT2D eigenvalue weighted by atomic mass is 31.1. The Kier molecular flexibility index (Phi) is 2.21. The molecule has 1 aromatic carbocycles. The molecule has 0 aliphatic rings. The van der Waals surface area contributed by atoms with E-state index in [1.807, 2.05) is 31.2 Å². The van der Waals surface area contributed by atoms with Crippen LogP contribution in [-0.4, -0.2) is 11.2 Å². The molecule has 1 rings (SSSR count). The lowest BCUT2D eigenvalue weighted by atomic mass is 10.2. The molecule has 1 atom stereocenters. The van der Waals surface area contributed by atoms with Gasteiger partial charge in [-0.1, -0.05) is 17.7 Å². The summed E-state index contributed by atoms with van der Waals surface area (Å²) in [6, 6.07) is 7.78. The summed E-state index contributed by atoms with van der Waals surface area (Å²) in [6.07, 6.45) is 3.56. The van der Waals surface area contributed by atoms with Crippen LogP contribution in [0.4, 0.5) is 0 Å². The summed E-state index contributed by atoms with van der Waals surface area (Å²) in [5.41, 5.74) is 1.21. The number of hydrogen-bond acceptors (Lipinski definition) is 1. The Balaban J connectivity index is 3.00. The second-order valence-corrected chi connectivity index (χ2v) is 3.55. The number of benzene rings is 1. The molecule has 0 aliphatic heterocycles. The van der Waals surface area contributed by atoms with Crippen LogP contribution >= 0.6 is 7.77 Å². The molecular weight excluding hydrogens is 143 g/mol. The van der Waals surface area contributed by atoms with Crippen molar-refractivity contribution in [2.75, 3.05) is 0 Å². The van der Waals surface area contributed by atoms with Crippen LogP contribution in [0.5, 0.6) is 0 Å². The van der Waals surface area contributed by atoms with E-state index in [1.165, 1.54) is 5.56 Å². The van der Waals surface area contributed by atoms with Crippen molar-refractivity contribution in [1.29, 1.82) is 0 Å². The number of hydrogen-bond donors (Lipinski definition) is 1. The lowest BCUT2D eigenvalue weighted by Gasteiger charge is -1.88. The molecule has 1 aromatic rings. The molecule has 1 nitrogen and oxygen atoms in total. The topological polar surface area (TPSA) is 20.2 Å². The van der Waals surface area contributed by atoms with E-state index in [9.17, 15) is 0 Å². The summed E-state index contributed by atoms with van der Waals surface area (Å²) in [5, 5.41) is 0.931. The quantitative estimate of drug-likeness (QED) is 0.605. The zero-order valence-corrected chi connectivity index (χ0v) is 6.81. The van der Waals surface area contributed by atoms with Crippen LogP contribution in [0.2, 0.25) is 0 Å². The zero-order chi connectivity index (χ0) is 7.56. The highest BCUT2D eigenvalue weighted by Crippen LogP contribution is 2.11. The molecule has 2 heteroatoms. The fourth-order valence-corrected chi connectivity index (χ4v) is 1.21. The average molecular weight is 153 g/mol. The lowest BCUT2D eigenvalue weighted by Crippen LogP contribution is -1.93. The van der Waals surface area contributed by atoms with Gasteiger partial charge in [-0.2, -0.15) is 4.89 Å². The summed E-state index contributed by atoms with van der Waals surface area (Å²) in [5.74, 6) is 0. The predicted octanol–water partition coefficient (Wildman–Crippen LogP) is 1.44. The Morgan fingerprint density at radius 1 is 1.30 bits per heavy atom. The van der Waals surface area contributed by atoms with Gasteiger partial charge in [-0.3, -0.25) is 0 Å². The normalized spacial score (nSPS) is 11.2. The molecule has 1 N–H and O–H groups in total. The van der Waals surface area contributed by atoms with Crippen LogP contribution in [0.1, 0.15) is 5.56 Å². The van der Waals surface area contributed by atoms with Crippen LogP contribution in [0.25, 0.3) is 0 Å². The fraction of sp³-hybridized carbons (Fsp3) is 0.125. The van der Waals surface area contributed by atoms with E-state index in [-0.39, 0.29) is 0 Å². The van der Waals surface area contributed by atoms with Gasteiger partial charge in [0.05, 0.1) is 0 Å². The summed E-state index contributed by atoms with van der Waals surface area (Å²) in [7, 11) is -1.16. The van der Waals surface area contributed by atoms with Gasteiger partial charge in [0.25, 0.3) is 7.77 Å². The first-order valence-electron chi connectivity index (χ1n) is 3.06. The monoisotopic (exact) mass is 153 g/mol. The molecule has 0 aromatic heterocycles. The minimum Gasteiger partial charge on any atom is -0.189 e. The Morgan fingerprint density at radius 3 is 2.20 bits per heavy atom. The van der Waals surface area contributed by atoms with E-state index in [0.29, 0.717) is 0 Å². The second-order valence-electron chi connectivity index (χ2n) is 2.24. The van der Waals surface area contributed by atoms with Crippen molar-refractivity contribution in [1.82, 2.24) is 0 Å². The first kappa shape index (κ1) is 7.46. The molecule has 0 radical (unpaired) electrons. The lowest BCUT2D eigenvalue weighted by molar-refractivity contribution is 0.652. The van der Waals surface area contributed by atoms with Crippen LogP contribution in [0.15, 0.2) is 24.3 Å². The third kappa shape index (κ3) is 1.66. The highest BCUT2D eigenvalue weighted by Gasteiger charge is 2.03. The molecule has 0 bridgehead atoms. The molecule has 0 saturated heterocycles. The van der Waals surface area contributed by atoms with Crippen molar-refractivity contribution < 1.29 is 4.89 Å². The first-order chi connectivity index (χ1) is 4.70. The van der Waals surface area contributed by atoms with Crippen LogP contribution in [0, 0.1) is 6.92 Å². The van der Waals surface area contributed by atoms with Crippen molar-refractivity contribution in [3.63, 3.8) is 0 Å². The summed E-state index contributed by atoms with van der Waals surface area (Å²) in [6.45, 7) is 2.02. The van der Waals surface area contributed by atoms with Crippen molar-refractivity contribution in [3.05, 3.63) is 29.8 Å². The van der Waals surface area contributed by atoms with Gasteiger partial charge in [-0.25, -0.2) is 0 Å². The zero-order valence-electron chi connectivity index (χ0n) is 5.91. The molecule has 10 heavy (non-hydrogen) atoms. The smallest absolute Gasteiger partial charge is 0.189 e. The first-order valence-corrected chi connectivity index (χ1v) is 4.54. The maximum atomic E-state index is 9.07. The van der Waals surface area contributed by atoms with Gasteiger partial charge in [0.2, 0.25) is 0 Å². The fourth-order valence-electron chi connectivity index (χ4n) is 0.717. The molecule has 0 saturated carbocycles. The molecule has 52 valence electrons. The molecule has 1 unspecified atom stereocenters.